The first-order valence-electron chi connectivity index (χ1n) is 7.42. The zero-order valence-corrected chi connectivity index (χ0v) is 14.9. The zero-order valence-electron chi connectivity index (χ0n) is 14.1. The summed E-state index contributed by atoms with van der Waals surface area (Å²) in [7, 11) is -0.768. The Bertz CT molecular complexity index is 908. The Morgan fingerprint density at radius 1 is 0.920 bits per heavy atom. The van der Waals surface area contributed by atoms with E-state index in [1.54, 1.807) is 24.3 Å². The third kappa shape index (κ3) is 4.65. The molecule has 2 amide bonds. The molecule has 0 saturated carbocycles. The SMILES string of the molecule is CC(=O)Nc1cccc(NC(=O)c2cccc(S(=O)(=O)N(C)C)c2)c1. The number of hydrogen-bond acceptors (Lipinski definition) is 4. The number of sulfonamides is 1. The molecule has 0 fully saturated rings. The lowest BCUT2D eigenvalue weighted by molar-refractivity contribution is -0.114. The van der Waals surface area contributed by atoms with Crippen molar-refractivity contribution in [2.24, 2.45) is 0 Å². The summed E-state index contributed by atoms with van der Waals surface area (Å²) in [6, 6.07) is 12.5. The van der Waals surface area contributed by atoms with Crippen LogP contribution in [-0.2, 0) is 14.8 Å². The van der Waals surface area contributed by atoms with Crippen LogP contribution in [0.3, 0.4) is 0 Å². The Hall–Kier alpha value is -2.71. The van der Waals surface area contributed by atoms with Crippen LogP contribution in [0.15, 0.2) is 53.4 Å². The second kappa shape index (κ2) is 7.45. The Labute approximate surface area is 146 Å². The van der Waals surface area contributed by atoms with E-state index in [1.165, 1.54) is 45.3 Å². The molecular formula is C17H19N3O4S. The third-order valence-electron chi connectivity index (χ3n) is 3.32. The first-order chi connectivity index (χ1) is 11.7. The van der Waals surface area contributed by atoms with Crippen LogP contribution in [0.4, 0.5) is 11.4 Å². The van der Waals surface area contributed by atoms with Gasteiger partial charge in [0.25, 0.3) is 5.91 Å². The zero-order chi connectivity index (χ0) is 18.6. The van der Waals surface area contributed by atoms with E-state index in [0.717, 1.165) is 4.31 Å². The minimum absolute atomic E-state index is 0.0390. The number of amides is 2. The number of nitrogens with zero attached hydrogens (tertiary/aromatic N) is 1. The highest BCUT2D eigenvalue weighted by molar-refractivity contribution is 7.89. The lowest BCUT2D eigenvalue weighted by Crippen LogP contribution is -2.22. The molecule has 2 aromatic carbocycles. The lowest BCUT2D eigenvalue weighted by Gasteiger charge is -2.12. The normalized spacial score (nSPS) is 11.2. The Balaban J connectivity index is 2.23. The molecule has 0 aromatic heterocycles. The van der Waals surface area contributed by atoms with Gasteiger partial charge in [0.2, 0.25) is 15.9 Å². The average Bonchev–Trinajstić information content (AvgIpc) is 2.54. The van der Waals surface area contributed by atoms with E-state index in [9.17, 15) is 18.0 Å². The van der Waals surface area contributed by atoms with E-state index >= 15 is 0 Å². The van der Waals surface area contributed by atoms with Gasteiger partial charge in [-0.2, -0.15) is 0 Å². The summed E-state index contributed by atoms with van der Waals surface area (Å²) in [5.41, 5.74) is 1.25. The molecule has 0 saturated heterocycles. The maximum Gasteiger partial charge on any atom is 0.255 e. The van der Waals surface area contributed by atoms with Crippen molar-refractivity contribution in [2.45, 2.75) is 11.8 Å². The highest BCUT2D eigenvalue weighted by atomic mass is 32.2. The first-order valence-corrected chi connectivity index (χ1v) is 8.86. The van der Waals surface area contributed by atoms with Gasteiger partial charge < -0.3 is 10.6 Å². The summed E-state index contributed by atoms with van der Waals surface area (Å²) >= 11 is 0. The van der Waals surface area contributed by atoms with Crippen LogP contribution < -0.4 is 10.6 Å². The quantitative estimate of drug-likeness (QED) is 0.853. The van der Waals surface area contributed by atoms with Crippen LogP contribution in [0.25, 0.3) is 0 Å². The molecule has 25 heavy (non-hydrogen) atoms. The number of hydrogen-bond donors (Lipinski definition) is 2. The van der Waals surface area contributed by atoms with Gasteiger partial charge in [-0.15, -0.1) is 0 Å². The van der Waals surface area contributed by atoms with Crippen molar-refractivity contribution >= 4 is 33.2 Å². The Kier molecular flexibility index (Phi) is 5.55. The smallest absolute Gasteiger partial charge is 0.255 e. The van der Waals surface area contributed by atoms with Gasteiger partial charge in [0.15, 0.2) is 0 Å². The molecule has 0 spiro atoms. The van der Waals surface area contributed by atoms with Crippen LogP contribution in [0, 0.1) is 0 Å². The van der Waals surface area contributed by atoms with E-state index in [-0.39, 0.29) is 16.4 Å². The second-order valence-corrected chi connectivity index (χ2v) is 7.68. The number of rotatable bonds is 5. The molecule has 0 atom stereocenters. The molecule has 0 unspecified atom stereocenters. The van der Waals surface area contributed by atoms with Crippen LogP contribution >= 0.6 is 0 Å². The molecular weight excluding hydrogens is 342 g/mol. The lowest BCUT2D eigenvalue weighted by atomic mass is 10.2. The maximum atomic E-state index is 12.4. The summed E-state index contributed by atoms with van der Waals surface area (Å²) in [5, 5.41) is 5.31. The molecule has 0 aliphatic rings. The van der Waals surface area contributed by atoms with Crippen molar-refractivity contribution in [3.63, 3.8) is 0 Å². The van der Waals surface area contributed by atoms with E-state index in [2.05, 4.69) is 10.6 Å². The standard InChI is InChI=1S/C17H19N3O4S/c1-12(21)18-14-7-5-8-15(11-14)19-17(22)13-6-4-9-16(10-13)25(23,24)20(2)3/h4-11H,1-3H3,(H,18,21)(H,19,22). The monoisotopic (exact) mass is 361 g/mol. The van der Waals surface area contributed by atoms with Gasteiger partial charge in [0.05, 0.1) is 4.90 Å². The van der Waals surface area contributed by atoms with Crippen LogP contribution in [0.1, 0.15) is 17.3 Å². The molecule has 0 radical (unpaired) electrons. The van der Waals surface area contributed by atoms with E-state index in [0.29, 0.717) is 11.4 Å². The second-order valence-electron chi connectivity index (χ2n) is 5.53. The first kappa shape index (κ1) is 18.6. The van der Waals surface area contributed by atoms with Gasteiger partial charge in [0.1, 0.15) is 0 Å². The minimum Gasteiger partial charge on any atom is -0.326 e. The highest BCUT2D eigenvalue weighted by Gasteiger charge is 2.18. The molecule has 0 heterocycles. The van der Waals surface area contributed by atoms with Crippen molar-refractivity contribution < 1.29 is 18.0 Å². The summed E-state index contributed by atoms with van der Waals surface area (Å²) in [4.78, 5) is 23.5. The summed E-state index contributed by atoms with van der Waals surface area (Å²) in [6.45, 7) is 1.39. The van der Waals surface area contributed by atoms with Crippen molar-refractivity contribution in [3.8, 4) is 0 Å². The molecule has 0 aliphatic carbocycles. The van der Waals surface area contributed by atoms with Gasteiger partial charge >= 0.3 is 0 Å². The van der Waals surface area contributed by atoms with E-state index < -0.39 is 15.9 Å². The number of nitrogens with one attached hydrogen (secondary N) is 2. The van der Waals surface area contributed by atoms with Crippen molar-refractivity contribution in [1.29, 1.82) is 0 Å². The average molecular weight is 361 g/mol. The molecule has 0 aliphatic heterocycles. The van der Waals surface area contributed by atoms with Gasteiger partial charge in [-0.05, 0) is 36.4 Å². The predicted octanol–water partition coefficient (Wildman–Crippen LogP) is 2.15. The fourth-order valence-electron chi connectivity index (χ4n) is 2.09. The van der Waals surface area contributed by atoms with Crippen LogP contribution in [0.2, 0.25) is 0 Å². The van der Waals surface area contributed by atoms with Crippen LogP contribution in [-0.4, -0.2) is 38.6 Å². The molecule has 2 rings (SSSR count). The Morgan fingerprint density at radius 3 is 2.12 bits per heavy atom. The molecule has 132 valence electrons. The Morgan fingerprint density at radius 2 is 1.52 bits per heavy atom. The topological polar surface area (TPSA) is 95.6 Å². The number of carbonyl (C=O) groups is 2. The third-order valence-corrected chi connectivity index (χ3v) is 5.13. The van der Waals surface area contributed by atoms with Crippen molar-refractivity contribution in [3.05, 3.63) is 54.1 Å². The summed E-state index contributed by atoms with van der Waals surface area (Å²) < 4.78 is 25.4. The van der Waals surface area contributed by atoms with E-state index in [1.807, 2.05) is 0 Å². The summed E-state index contributed by atoms with van der Waals surface area (Å²) in [5.74, 6) is -0.666. The fourth-order valence-corrected chi connectivity index (χ4v) is 3.04. The fraction of sp³-hybridized carbons (Fsp3) is 0.176. The van der Waals surface area contributed by atoms with Crippen molar-refractivity contribution in [2.75, 3.05) is 24.7 Å². The molecule has 8 heteroatoms. The van der Waals surface area contributed by atoms with Crippen molar-refractivity contribution in [1.82, 2.24) is 4.31 Å². The highest BCUT2D eigenvalue weighted by Crippen LogP contribution is 2.18. The van der Waals surface area contributed by atoms with Gasteiger partial charge in [-0.25, -0.2) is 12.7 Å². The number of anilines is 2. The predicted molar refractivity (Wildman–Crippen MR) is 96.0 cm³/mol. The minimum atomic E-state index is -3.62. The molecule has 2 N–H and O–H groups in total. The van der Waals surface area contributed by atoms with E-state index in [4.69, 9.17) is 0 Å². The summed E-state index contributed by atoms with van der Waals surface area (Å²) in [6.07, 6.45) is 0. The largest absolute Gasteiger partial charge is 0.326 e. The van der Waals surface area contributed by atoms with Crippen LogP contribution in [0.5, 0.6) is 0 Å². The molecule has 0 bridgehead atoms. The van der Waals surface area contributed by atoms with Gasteiger partial charge in [0, 0.05) is 38.0 Å². The number of benzene rings is 2. The number of carbonyl (C=O) groups excluding carboxylic acids is 2. The van der Waals surface area contributed by atoms with Gasteiger partial charge in [-0.1, -0.05) is 12.1 Å². The van der Waals surface area contributed by atoms with Gasteiger partial charge in [-0.3, -0.25) is 9.59 Å². The molecule has 2 aromatic rings. The molecule has 7 nitrogen and oxygen atoms in total. The maximum absolute atomic E-state index is 12.4.